The van der Waals surface area contributed by atoms with Gasteiger partial charge in [-0.25, -0.2) is 0 Å². The fraction of sp³-hybridized carbons (Fsp3) is 0.316. The molecule has 0 saturated carbocycles. The number of carbonyl (C=O) groups excluding carboxylic acids is 1. The van der Waals surface area contributed by atoms with Crippen LogP contribution < -0.4 is 4.74 Å². The van der Waals surface area contributed by atoms with Crippen molar-refractivity contribution in [3.8, 4) is 11.5 Å². The first-order valence-electron chi connectivity index (χ1n) is 7.96. The first-order valence-corrected chi connectivity index (χ1v) is 7.96. The third-order valence-corrected chi connectivity index (χ3v) is 3.99. The van der Waals surface area contributed by atoms with Crippen LogP contribution in [0.15, 0.2) is 42.5 Å². The van der Waals surface area contributed by atoms with Gasteiger partial charge in [0.25, 0.3) is 0 Å². The second-order valence-corrected chi connectivity index (χ2v) is 5.71. The first-order chi connectivity index (χ1) is 11.8. The molecule has 0 aliphatic carbocycles. The SMILES string of the molecule is CCN(C)CCc1c(C=O)cccc1Oc1ccc(C(F)(F)F)cc1. The molecule has 0 bridgehead atoms. The predicted octanol–water partition coefficient (Wildman–Crippen LogP) is 4.80. The molecule has 0 heterocycles. The number of nitrogens with zero attached hydrogens (tertiary/aromatic N) is 1. The van der Waals surface area contributed by atoms with Crippen LogP contribution in [0.3, 0.4) is 0 Å². The molecule has 2 aromatic carbocycles. The van der Waals surface area contributed by atoms with E-state index < -0.39 is 11.7 Å². The summed E-state index contributed by atoms with van der Waals surface area (Å²) < 4.78 is 43.6. The Morgan fingerprint density at radius 1 is 1.12 bits per heavy atom. The Kier molecular flexibility index (Phi) is 6.20. The van der Waals surface area contributed by atoms with Crippen molar-refractivity contribution >= 4 is 6.29 Å². The average Bonchev–Trinajstić information content (AvgIpc) is 2.59. The second kappa shape index (κ2) is 8.16. The van der Waals surface area contributed by atoms with Crippen LogP contribution in [0.5, 0.6) is 11.5 Å². The average molecular weight is 351 g/mol. The van der Waals surface area contributed by atoms with Crippen LogP contribution in [-0.2, 0) is 12.6 Å². The Labute approximate surface area is 145 Å². The lowest BCUT2D eigenvalue weighted by atomic mass is 10.0. The van der Waals surface area contributed by atoms with Crippen molar-refractivity contribution in [1.82, 2.24) is 4.90 Å². The summed E-state index contributed by atoms with van der Waals surface area (Å²) in [6.45, 7) is 3.65. The summed E-state index contributed by atoms with van der Waals surface area (Å²) in [7, 11) is 1.97. The molecule has 0 aliphatic heterocycles. The highest BCUT2D eigenvalue weighted by atomic mass is 19.4. The minimum Gasteiger partial charge on any atom is -0.457 e. The standard InChI is InChI=1S/C19H20F3NO2/c1-3-23(2)12-11-17-14(13-24)5-4-6-18(17)25-16-9-7-15(8-10-16)19(20,21)22/h4-10,13H,3,11-12H2,1-2H3. The molecule has 0 aromatic heterocycles. The summed E-state index contributed by atoms with van der Waals surface area (Å²) >= 11 is 0. The third kappa shape index (κ3) is 5.06. The summed E-state index contributed by atoms with van der Waals surface area (Å²) in [4.78, 5) is 13.4. The molecule has 25 heavy (non-hydrogen) atoms. The summed E-state index contributed by atoms with van der Waals surface area (Å²) in [6, 6.07) is 9.61. The maximum absolute atomic E-state index is 12.6. The lowest BCUT2D eigenvalue weighted by molar-refractivity contribution is -0.137. The maximum Gasteiger partial charge on any atom is 0.416 e. The van der Waals surface area contributed by atoms with Crippen LogP contribution in [0.25, 0.3) is 0 Å². The van der Waals surface area contributed by atoms with Crippen LogP contribution in [0.4, 0.5) is 13.2 Å². The van der Waals surface area contributed by atoms with Crippen LogP contribution in [-0.4, -0.2) is 31.3 Å². The van der Waals surface area contributed by atoms with Crippen LogP contribution in [0.2, 0.25) is 0 Å². The lowest BCUT2D eigenvalue weighted by Gasteiger charge is -2.17. The summed E-state index contributed by atoms with van der Waals surface area (Å²) in [5, 5.41) is 0. The number of carbonyl (C=O) groups is 1. The minimum atomic E-state index is -4.38. The zero-order valence-corrected chi connectivity index (χ0v) is 14.1. The lowest BCUT2D eigenvalue weighted by Crippen LogP contribution is -2.21. The molecule has 0 saturated heterocycles. The van der Waals surface area contributed by atoms with Crippen molar-refractivity contribution in [3.05, 3.63) is 59.2 Å². The zero-order chi connectivity index (χ0) is 18.4. The van der Waals surface area contributed by atoms with Crippen molar-refractivity contribution in [2.45, 2.75) is 19.5 Å². The van der Waals surface area contributed by atoms with Gasteiger partial charge < -0.3 is 9.64 Å². The number of hydrogen-bond donors (Lipinski definition) is 0. The number of likely N-dealkylation sites (N-methyl/N-ethyl adjacent to an activating group) is 1. The molecule has 0 aliphatic rings. The van der Waals surface area contributed by atoms with Crippen molar-refractivity contribution in [3.63, 3.8) is 0 Å². The Hall–Kier alpha value is -2.34. The van der Waals surface area contributed by atoms with Gasteiger partial charge in [-0.1, -0.05) is 19.1 Å². The topological polar surface area (TPSA) is 29.5 Å². The van der Waals surface area contributed by atoms with Crippen molar-refractivity contribution in [2.24, 2.45) is 0 Å². The highest BCUT2D eigenvalue weighted by molar-refractivity contribution is 5.78. The quantitative estimate of drug-likeness (QED) is 0.671. The van der Waals surface area contributed by atoms with E-state index in [0.29, 0.717) is 23.5 Å². The fourth-order valence-electron chi connectivity index (χ4n) is 2.36. The molecular formula is C19H20F3NO2. The number of halogens is 3. The number of aldehydes is 1. The maximum atomic E-state index is 12.6. The van der Waals surface area contributed by atoms with Gasteiger partial charge in [0, 0.05) is 17.7 Å². The molecule has 0 fully saturated rings. The van der Waals surface area contributed by atoms with Gasteiger partial charge in [0.05, 0.1) is 5.56 Å². The molecule has 6 heteroatoms. The molecule has 3 nitrogen and oxygen atoms in total. The Morgan fingerprint density at radius 3 is 2.36 bits per heavy atom. The monoisotopic (exact) mass is 351 g/mol. The molecule has 0 atom stereocenters. The van der Waals surface area contributed by atoms with E-state index in [1.165, 1.54) is 12.1 Å². The fourth-order valence-corrected chi connectivity index (χ4v) is 2.36. The van der Waals surface area contributed by atoms with E-state index in [-0.39, 0.29) is 0 Å². The molecule has 0 amide bonds. The smallest absolute Gasteiger partial charge is 0.416 e. The number of alkyl halides is 3. The molecule has 2 aromatic rings. The second-order valence-electron chi connectivity index (χ2n) is 5.71. The summed E-state index contributed by atoms with van der Waals surface area (Å²) in [5.41, 5.74) is 0.540. The highest BCUT2D eigenvalue weighted by Gasteiger charge is 2.30. The van der Waals surface area contributed by atoms with E-state index in [1.807, 2.05) is 14.0 Å². The number of ether oxygens (including phenoxy) is 1. The van der Waals surface area contributed by atoms with E-state index in [1.54, 1.807) is 18.2 Å². The first kappa shape index (κ1) is 19.0. The number of hydrogen-bond acceptors (Lipinski definition) is 3. The van der Waals surface area contributed by atoms with Crippen LogP contribution in [0.1, 0.15) is 28.4 Å². The van der Waals surface area contributed by atoms with E-state index in [9.17, 15) is 18.0 Å². The van der Waals surface area contributed by atoms with Gasteiger partial charge in [0.15, 0.2) is 0 Å². The number of rotatable bonds is 7. The van der Waals surface area contributed by atoms with Gasteiger partial charge in [-0.2, -0.15) is 13.2 Å². The van der Waals surface area contributed by atoms with E-state index in [0.717, 1.165) is 37.1 Å². The molecule has 0 unspecified atom stereocenters. The van der Waals surface area contributed by atoms with Gasteiger partial charge in [-0.05, 0) is 50.3 Å². The highest BCUT2D eigenvalue weighted by Crippen LogP contribution is 2.32. The largest absolute Gasteiger partial charge is 0.457 e. The Balaban J connectivity index is 2.25. The van der Waals surface area contributed by atoms with Gasteiger partial charge in [-0.15, -0.1) is 0 Å². The summed E-state index contributed by atoms with van der Waals surface area (Å²) in [6.07, 6.45) is -3.01. The van der Waals surface area contributed by atoms with Crippen LogP contribution in [0, 0.1) is 0 Å². The van der Waals surface area contributed by atoms with Crippen LogP contribution >= 0.6 is 0 Å². The zero-order valence-electron chi connectivity index (χ0n) is 14.1. The third-order valence-electron chi connectivity index (χ3n) is 3.99. The van der Waals surface area contributed by atoms with E-state index in [4.69, 9.17) is 4.74 Å². The molecule has 0 radical (unpaired) electrons. The molecule has 134 valence electrons. The molecule has 0 N–H and O–H groups in total. The summed E-state index contributed by atoms with van der Waals surface area (Å²) in [5.74, 6) is 0.773. The van der Waals surface area contributed by atoms with E-state index in [2.05, 4.69) is 4.90 Å². The molecule has 2 rings (SSSR count). The van der Waals surface area contributed by atoms with Crippen molar-refractivity contribution < 1.29 is 22.7 Å². The van der Waals surface area contributed by atoms with Crippen molar-refractivity contribution in [2.75, 3.05) is 20.1 Å². The van der Waals surface area contributed by atoms with Gasteiger partial charge in [0.1, 0.15) is 17.8 Å². The molecule has 0 spiro atoms. The Bertz CT molecular complexity index is 712. The predicted molar refractivity (Wildman–Crippen MR) is 90.2 cm³/mol. The normalized spacial score (nSPS) is 11.6. The molecular weight excluding hydrogens is 331 g/mol. The Morgan fingerprint density at radius 2 is 1.80 bits per heavy atom. The van der Waals surface area contributed by atoms with Gasteiger partial charge >= 0.3 is 6.18 Å². The van der Waals surface area contributed by atoms with Crippen molar-refractivity contribution in [1.29, 1.82) is 0 Å². The number of benzene rings is 2. The minimum absolute atomic E-state index is 0.293. The van der Waals surface area contributed by atoms with Gasteiger partial charge in [-0.3, -0.25) is 4.79 Å². The van der Waals surface area contributed by atoms with E-state index >= 15 is 0 Å². The van der Waals surface area contributed by atoms with Gasteiger partial charge in [0.2, 0.25) is 0 Å².